The van der Waals surface area contributed by atoms with Crippen LogP contribution in [0.25, 0.3) is 11.4 Å². The number of imide groups is 1. The zero-order valence-corrected chi connectivity index (χ0v) is 19.4. The molecule has 3 amide bonds. The molecule has 192 valence electrons. The predicted molar refractivity (Wildman–Crippen MR) is 122 cm³/mol. The van der Waals surface area contributed by atoms with E-state index < -0.39 is 12.1 Å². The molecule has 2 aliphatic heterocycles. The van der Waals surface area contributed by atoms with Crippen molar-refractivity contribution in [2.75, 3.05) is 37.6 Å². The summed E-state index contributed by atoms with van der Waals surface area (Å²) in [5.74, 6) is -1.74. The zero-order valence-electron chi connectivity index (χ0n) is 19.4. The van der Waals surface area contributed by atoms with Gasteiger partial charge in [0.05, 0.1) is 11.1 Å². The minimum atomic E-state index is -4.72. The third kappa shape index (κ3) is 4.88. The van der Waals surface area contributed by atoms with Crippen LogP contribution in [-0.2, 0) is 11.0 Å². The van der Waals surface area contributed by atoms with Gasteiger partial charge in [-0.15, -0.1) is 0 Å². The van der Waals surface area contributed by atoms with Crippen molar-refractivity contribution in [3.05, 3.63) is 59.6 Å². The number of pyridine rings is 1. The number of carbonyl (C=O) groups is 3. The number of piperazine rings is 1. The number of benzene rings is 1. The molecule has 13 heteroatoms. The Morgan fingerprint density at radius 1 is 0.973 bits per heavy atom. The van der Waals surface area contributed by atoms with E-state index in [1.807, 2.05) is 4.90 Å². The van der Waals surface area contributed by atoms with Gasteiger partial charge in [-0.3, -0.25) is 19.3 Å². The van der Waals surface area contributed by atoms with Crippen LogP contribution in [0.4, 0.5) is 19.0 Å². The average Bonchev–Trinajstić information content (AvgIpc) is 3.50. The standard InChI is InChI=1S/C24H21F3N6O4/c25-24(26,27)23-29-20(30-37-23)15-7-8-18(28-14-15)31-10-12-32(13-11-31)19(34)6-3-9-33-21(35)16-4-1-2-5-17(16)22(33)36/h1-2,4-5,7-8,14H,3,6,9-13H2. The van der Waals surface area contributed by atoms with Gasteiger partial charge in [-0.1, -0.05) is 17.3 Å². The first-order valence-corrected chi connectivity index (χ1v) is 11.6. The first-order chi connectivity index (χ1) is 17.7. The van der Waals surface area contributed by atoms with Gasteiger partial charge in [0.1, 0.15) is 5.82 Å². The van der Waals surface area contributed by atoms with Crippen LogP contribution in [0.5, 0.6) is 0 Å². The number of alkyl halides is 3. The molecule has 1 saturated heterocycles. The number of rotatable bonds is 6. The Balaban J connectivity index is 1.09. The molecule has 1 fully saturated rings. The fourth-order valence-electron chi connectivity index (χ4n) is 4.33. The first kappa shape index (κ1) is 24.4. The number of hydrogen-bond donors (Lipinski definition) is 0. The third-order valence-corrected chi connectivity index (χ3v) is 6.28. The Bertz CT molecular complexity index is 1300. The topological polar surface area (TPSA) is 113 Å². The highest BCUT2D eigenvalue weighted by Crippen LogP contribution is 2.29. The second-order valence-electron chi connectivity index (χ2n) is 8.60. The molecule has 2 aromatic heterocycles. The summed E-state index contributed by atoms with van der Waals surface area (Å²) in [5, 5.41) is 3.35. The number of anilines is 1. The van der Waals surface area contributed by atoms with Crippen molar-refractivity contribution in [2.45, 2.75) is 19.0 Å². The Morgan fingerprint density at radius 3 is 2.22 bits per heavy atom. The number of hydrogen-bond acceptors (Lipinski definition) is 8. The van der Waals surface area contributed by atoms with Gasteiger partial charge in [0.15, 0.2) is 0 Å². The maximum Gasteiger partial charge on any atom is 0.471 e. The summed E-state index contributed by atoms with van der Waals surface area (Å²) in [5.41, 5.74) is 1.06. The van der Waals surface area contributed by atoms with Gasteiger partial charge in [-0.25, -0.2) is 4.98 Å². The number of aromatic nitrogens is 3. The molecule has 0 bridgehead atoms. The maximum atomic E-state index is 12.7. The van der Waals surface area contributed by atoms with Crippen molar-refractivity contribution in [3.8, 4) is 11.4 Å². The fourth-order valence-corrected chi connectivity index (χ4v) is 4.33. The number of amides is 3. The zero-order chi connectivity index (χ0) is 26.2. The molecule has 0 atom stereocenters. The van der Waals surface area contributed by atoms with Gasteiger partial charge < -0.3 is 14.3 Å². The van der Waals surface area contributed by atoms with Crippen LogP contribution in [0.15, 0.2) is 47.1 Å². The van der Waals surface area contributed by atoms with Crippen molar-refractivity contribution in [1.82, 2.24) is 24.9 Å². The average molecular weight is 514 g/mol. The molecule has 5 rings (SSSR count). The SMILES string of the molecule is O=C(CCCN1C(=O)c2ccccc2C1=O)N1CCN(c2ccc(-c3noc(C(F)(F)F)n3)cn2)CC1. The van der Waals surface area contributed by atoms with E-state index in [0.717, 1.165) is 0 Å². The lowest BCUT2D eigenvalue weighted by atomic mass is 10.1. The molecular weight excluding hydrogens is 493 g/mol. The monoisotopic (exact) mass is 514 g/mol. The molecule has 0 unspecified atom stereocenters. The number of fused-ring (bicyclic) bond motifs is 1. The molecule has 4 heterocycles. The molecule has 10 nitrogen and oxygen atoms in total. The molecule has 0 spiro atoms. The Labute approximate surface area is 208 Å². The highest BCUT2D eigenvalue weighted by molar-refractivity contribution is 6.21. The van der Waals surface area contributed by atoms with Crippen molar-refractivity contribution in [2.24, 2.45) is 0 Å². The summed E-state index contributed by atoms with van der Waals surface area (Å²) >= 11 is 0. The summed E-state index contributed by atoms with van der Waals surface area (Å²) in [6, 6.07) is 9.88. The summed E-state index contributed by atoms with van der Waals surface area (Å²) in [6.07, 6.45) is -2.76. The smallest absolute Gasteiger partial charge is 0.353 e. The van der Waals surface area contributed by atoms with Crippen LogP contribution in [-0.4, -0.2) is 75.4 Å². The second kappa shape index (κ2) is 9.64. The van der Waals surface area contributed by atoms with E-state index in [4.69, 9.17) is 0 Å². The second-order valence-corrected chi connectivity index (χ2v) is 8.60. The van der Waals surface area contributed by atoms with E-state index in [0.29, 0.717) is 49.5 Å². The maximum absolute atomic E-state index is 12.7. The third-order valence-electron chi connectivity index (χ3n) is 6.28. The lowest BCUT2D eigenvalue weighted by Crippen LogP contribution is -2.49. The quantitative estimate of drug-likeness (QED) is 0.462. The van der Waals surface area contributed by atoms with E-state index >= 15 is 0 Å². The molecule has 0 saturated carbocycles. The summed E-state index contributed by atoms with van der Waals surface area (Å²) < 4.78 is 42.2. The Kier molecular flexibility index (Phi) is 6.36. The van der Waals surface area contributed by atoms with E-state index in [2.05, 4.69) is 19.6 Å². The van der Waals surface area contributed by atoms with Gasteiger partial charge >= 0.3 is 12.1 Å². The molecule has 0 N–H and O–H groups in total. The minimum absolute atomic E-state index is 0.0582. The highest BCUT2D eigenvalue weighted by Gasteiger charge is 2.38. The number of nitrogens with zero attached hydrogens (tertiary/aromatic N) is 6. The highest BCUT2D eigenvalue weighted by atomic mass is 19.4. The molecule has 3 aromatic rings. The lowest BCUT2D eigenvalue weighted by Gasteiger charge is -2.35. The number of carbonyl (C=O) groups excluding carboxylic acids is 3. The fraction of sp³-hybridized carbons (Fsp3) is 0.333. The van der Waals surface area contributed by atoms with Gasteiger partial charge in [0.25, 0.3) is 11.8 Å². The van der Waals surface area contributed by atoms with Gasteiger partial charge in [0.2, 0.25) is 11.7 Å². The molecule has 1 aromatic carbocycles. The molecule has 0 radical (unpaired) electrons. The van der Waals surface area contributed by atoms with E-state index in [1.54, 1.807) is 41.3 Å². The number of halogens is 3. The Morgan fingerprint density at radius 2 is 1.65 bits per heavy atom. The van der Waals surface area contributed by atoms with Crippen LogP contribution >= 0.6 is 0 Å². The van der Waals surface area contributed by atoms with Crippen LogP contribution in [0.3, 0.4) is 0 Å². The van der Waals surface area contributed by atoms with Crippen molar-refractivity contribution >= 4 is 23.5 Å². The van der Waals surface area contributed by atoms with Crippen molar-refractivity contribution < 1.29 is 32.1 Å². The normalized spacial score (nSPS) is 15.9. The van der Waals surface area contributed by atoms with E-state index in [9.17, 15) is 27.6 Å². The van der Waals surface area contributed by atoms with Crippen LogP contribution in [0.2, 0.25) is 0 Å². The Hall–Kier alpha value is -4.29. The largest absolute Gasteiger partial charge is 0.471 e. The van der Waals surface area contributed by atoms with Crippen LogP contribution in [0.1, 0.15) is 39.4 Å². The predicted octanol–water partition coefficient (Wildman–Crippen LogP) is 2.88. The van der Waals surface area contributed by atoms with E-state index in [-0.39, 0.29) is 42.1 Å². The summed E-state index contributed by atoms with van der Waals surface area (Å²) in [4.78, 5) is 50.1. The molecule has 2 aliphatic rings. The van der Waals surface area contributed by atoms with Gasteiger partial charge in [-0.2, -0.15) is 18.2 Å². The first-order valence-electron chi connectivity index (χ1n) is 11.6. The summed E-state index contributed by atoms with van der Waals surface area (Å²) in [6.45, 7) is 2.16. The summed E-state index contributed by atoms with van der Waals surface area (Å²) in [7, 11) is 0. The van der Waals surface area contributed by atoms with Crippen LogP contribution in [0, 0.1) is 0 Å². The van der Waals surface area contributed by atoms with Crippen LogP contribution < -0.4 is 4.90 Å². The van der Waals surface area contributed by atoms with Gasteiger partial charge in [-0.05, 0) is 30.7 Å². The molecule has 0 aliphatic carbocycles. The van der Waals surface area contributed by atoms with Gasteiger partial charge in [0, 0.05) is 50.9 Å². The molecule has 37 heavy (non-hydrogen) atoms. The minimum Gasteiger partial charge on any atom is -0.353 e. The van der Waals surface area contributed by atoms with Crippen molar-refractivity contribution in [3.63, 3.8) is 0 Å². The van der Waals surface area contributed by atoms with E-state index in [1.165, 1.54) is 11.1 Å². The lowest BCUT2D eigenvalue weighted by molar-refractivity contribution is -0.159. The van der Waals surface area contributed by atoms with Crippen molar-refractivity contribution in [1.29, 1.82) is 0 Å². The molecular formula is C24H21F3N6O4.